The maximum absolute atomic E-state index is 15.1. The molecule has 0 fully saturated rings. The van der Waals surface area contributed by atoms with Gasteiger partial charge in [-0.25, -0.2) is 40.7 Å². The van der Waals surface area contributed by atoms with Crippen molar-refractivity contribution in [3.05, 3.63) is 131 Å². The third-order valence-electron chi connectivity index (χ3n) is 7.32. The van der Waals surface area contributed by atoms with Crippen molar-refractivity contribution < 1.29 is 44.3 Å². The predicted octanol–water partition coefficient (Wildman–Crippen LogP) is 10.9. The van der Waals surface area contributed by atoms with E-state index in [-0.39, 0.29) is 23.0 Å². The van der Waals surface area contributed by atoms with E-state index in [1.165, 1.54) is 12.1 Å². The second-order valence-corrected chi connectivity index (χ2v) is 10.8. The quantitative estimate of drug-likeness (QED) is 0.0796. The lowest BCUT2D eigenvalue weighted by atomic mass is 10.0. The Hall–Kier alpha value is -5.13. The lowest BCUT2D eigenvalue weighted by molar-refractivity contribution is -0.131. The molecule has 0 saturated heterocycles. The van der Waals surface area contributed by atoms with Crippen LogP contribution in [0.2, 0.25) is 0 Å². The van der Waals surface area contributed by atoms with Gasteiger partial charge in [-0.1, -0.05) is 31.9 Å². The standard InChI is InChI=1S/C36H25F9N2O/c1-2-3-4-5-20-18-46-35(47-19-20)21-6-8-25(28(37)12-21)22-13-29(38)27(30(39)14-22)10-11-36(44,45)48-24-7-9-26(31(40)17-24)23-15-32(41)34(43)33(42)16-23/h6-19H,2-5H2,1H3. The number of nitrogens with zero attached hydrogens (tertiary/aromatic N) is 2. The highest BCUT2D eigenvalue weighted by atomic mass is 19.3. The topological polar surface area (TPSA) is 35.0 Å². The molecule has 0 aliphatic rings. The molecule has 1 aromatic heterocycles. The van der Waals surface area contributed by atoms with Gasteiger partial charge >= 0.3 is 6.11 Å². The molecule has 0 saturated carbocycles. The van der Waals surface area contributed by atoms with Crippen LogP contribution >= 0.6 is 0 Å². The van der Waals surface area contributed by atoms with Crippen molar-refractivity contribution in [1.29, 1.82) is 0 Å². The number of halogens is 9. The molecule has 0 N–H and O–H groups in total. The van der Waals surface area contributed by atoms with Crippen LogP contribution in [-0.2, 0) is 6.42 Å². The van der Waals surface area contributed by atoms with E-state index in [9.17, 15) is 35.1 Å². The van der Waals surface area contributed by atoms with Gasteiger partial charge in [0.1, 0.15) is 29.0 Å². The average molecular weight is 673 g/mol. The molecule has 0 unspecified atom stereocenters. The zero-order valence-electron chi connectivity index (χ0n) is 25.1. The Bertz CT molecular complexity index is 1930. The van der Waals surface area contributed by atoms with E-state index < -0.39 is 69.3 Å². The smallest absolute Gasteiger partial charge is 0.419 e. The van der Waals surface area contributed by atoms with Gasteiger partial charge < -0.3 is 4.74 Å². The molecule has 0 atom stereocenters. The first kappa shape index (κ1) is 34.2. The summed E-state index contributed by atoms with van der Waals surface area (Å²) in [7, 11) is 0. The SMILES string of the molecule is CCCCCc1cnc(-c2ccc(-c3cc(F)c(C=CC(F)(F)Oc4ccc(-c5cc(F)c(F)c(F)c5)c(F)c4)c(F)c3)c(F)c2)nc1. The number of benzene rings is 4. The van der Waals surface area contributed by atoms with Crippen LogP contribution in [0.15, 0.2) is 79.1 Å². The third kappa shape index (κ3) is 7.87. The highest BCUT2D eigenvalue weighted by molar-refractivity contribution is 5.70. The maximum atomic E-state index is 15.1. The van der Waals surface area contributed by atoms with Gasteiger partial charge in [-0.2, -0.15) is 8.78 Å². The van der Waals surface area contributed by atoms with Gasteiger partial charge in [0, 0.05) is 46.8 Å². The molecule has 3 nitrogen and oxygen atoms in total. The van der Waals surface area contributed by atoms with Gasteiger partial charge in [-0.05, 0) is 78.1 Å². The summed E-state index contributed by atoms with van der Waals surface area (Å²) in [6, 6.07) is 8.71. The fourth-order valence-electron chi connectivity index (χ4n) is 4.88. The lowest BCUT2D eigenvalue weighted by Gasteiger charge is -2.15. The van der Waals surface area contributed by atoms with Gasteiger partial charge in [-0.15, -0.1) is 0 Å². The number of alkyl halides is 2. The summed E-state index contributed by atoms with van der Waals surface area (Å²) < 4.78 is 133. The van der Waals surface area contributed by atoms with Crippen LogP contribution < -0.4 is 4.74 Å². The molecular formula is C36H25F9N2O. The Labute approximate surface area is 269 Å². The first-order valence-electron chi connectivity index (χ1n) is 14.7. The van der Waals surface area contributed by atoms with Gasteiger partial charge in [0.05, 0.1) is 0 Å². The van der Waals surface area contributed by atoms with Crippen molar-refractivity contribution in [1.82, 2.24) is 9.97 Å². The molecule has 1 heterocycles. The van der Waals surface area contributed by atoms with Gasteiger partial charge in [-0.3, -0.25) is 0 Å². The minimum absolute atomic E-state index is 0.0230. The molecule has 0 spiro atoms. The van der Waals surface area contributed by atoms with Crippen LogP contribution in [0.1, 0.15) is 37.3 Å². The first-order valence-corrected chi connectivity index (χ1v) is 14.7. The van der Waals surface area contributed by atoms with Crippen LogP contribution in [0.3, 0.4) is 0 Å². The van der Waals surface area contributed by atoms with E-state index in [4.69, 9.17) is 0 Å². The van der Waals surface area contributed by atoms with E-state index in [1.807, 2.05) is 0 Å². The fraction of sp³-hybridized carbons (Fsp3) is 0.167. The Balaban J connectivity index is 1.30. The molecule has 4 aromatic carbocycles. The second-order valence-electron chi connectivity index (χ2n) is 10.8. The van der Waals surface area contributed by atoms with E-state index in [1.54, 1.807) is 12.4 Å². The normalized spacial score (nSPS) is 11.8. The fourth-order valence-corrected chi connectivity index (χ4v) is 4.88. The van der Waals surface area contributed by atoms with Gasteiger partial charge in [0.15, 0.2) is 23.3 Å². The molecule has 48 heavy (non-hydrogen) atoms. The number of hydrogen-bond acceptors (Lipinski definition) is 3. The largest absolute Gasteiger partial charge is 0.429 e. The van der Waals surface area contributed by atoms with Crippen LogP contribution in [-0.4, -0.2) is 16.1 Å². The summed E-state index contributed by atoms with van der Waals surface area (Å²) in [5, 5.41) is 0. The summed E-state index contributed by atoms with van der Waals surface area (Å²) in [6.07, 6.45) is 3.49. The summed E-state index contributed by atoms with van der Waals surface area (Å²) in [5.41, 5.74) is -0.789. The van der Waals surface area contributed by atoms with Gasteiger partial charge in [0.2, 0.25) is 0 Å². The van der Waals surface area contributed by atoms with Crippen LogP contribution in [0.4, 0.5) is 39.5 Å². The molecular weight excluding hydrogens is 647 g/mol. The highest BCUT2D eigenvalue weighted by Gasteiger charge is 2.29. The van der Waals surface area contributed by atoms with Crippen molar-refractivity contribution in [2.24, 2.45) is 0 Å². The Morgan fingerprint density at radius 2 is 1.19 bits per heavy atom. The van der Waals surface area contributed by atoms with Crippen LogP contribution in [0, 0.1) is 40.7 Å². The van der Waals surface area contributed by atoms with Crippen molar-refractivity contribution in [3.8, 4) is 39.4 Å². The molecule has 5 aromatic rings. The molecule has 0 amide bonds. The second kappa shape index (κ2) is 14.3. The van der Waals surface area contributed by atoms with Crippen LogP contribution in [0.25, 0.3) is 39.7 Å². The molecule has 0 aliphatic carbocycles. The van der Waals surface area contributed by atoms with Crippen molar-refractivity contribution in [2.45, 2.75) is 38.7 Å². The maximum Gasteiger partial charge on any atom is 0.419 e. The first-order chi connectivity index (χ1) is 22.8. The van der Waals surface area contributed by atoms with E-state index in [2.05, 4.69) is 21.6 Å². The molecule has 12 heteroatoms. The Morgan fingerprint density at radius 3 is 1.75 bits per heavy atom. The van der Waals surface area contributed by atoms with E-state index in [0.717, 1.165) is 61.6 Å². The summed E-state index contributed by atoms with van der Waals surface area (Å²) >= 11 is 0. The number of rotatable bonds is 11. The number of aromatic nitrogens is 2. The minimum atomic E-state index is -4.21. The van der Waals surface area contributed by atoms with E-state index >= 15 is 4.39 Å². The number of hydrogen-bond donors (Lipinski definition) is 0. The molecule has 0 bridgehead atoms. The molecule has 5 rings (SSSR count). The molecule has 248 valence electrons. The average Bonchev–Trinajstić information content (AvgIpc) is 3.03. The summed E-state index contributed by atoms with van der Waals surface area (Å²) in [5.74, 6) is -10.0. The van der Waals surface area contributed by atoms with Crippen molar-refractivity contribution >= 4 is 6.08 Å². The minimum Gasteiger partial charge on any atom is -0.429 e. The monoisotopic (exact) mass is 672 g/mol. The zero-order valence-corrected chi connectivity index (χ0v) is 25.1. The number of ether oxygens (including phenoxy) is 1. The number of unbranched alkanes of at least 4 members (excludes halogenated alkanes) is 2. The van der Waals surface area contributed by atoms with Crippen molar-refractivity contribution in [3.63, 3.8) is 0 Å². The van der Waals surface area contributed by atoms with Crippen LogP contribution in [0.5, 0.6) is 5.75 Å². The zero-order chi connectivity index (χ0) is 34.6. The highest BCUT2D eigenvalue weighted by Crippen LogP contribution is 2.33. The predicted molar refractivity (Wildman–Crippen MR) is 162 cm³/mol. The Kier molecular flexibility index (Phi) is 10.2. The molecule has 0 aliphatic heterocycles. The third-order valence-corrected chi connectivity index (χ3v) is 7.32. The Morgan fingerprint density at radius 1 is 0.646 bits per heavy atom. The molecule has 0 radical (unpaired) electrons. The van der Waals surface area contributed by atoms with Gasteiger partial charge in [0.25, 0.3) is 0 Å². The van der Waals surface area contributed by atoms with E-state index in [0.29, 0.717) is 29.8 Å². The lowest BCUT2D eigenvalue weighted by Crippen LogP contribution is -2.21. The number of aryl methyl sites for hydroxylation is 1. The van der Waals surface area contributed by atoms with Crippen molar-refractivity contribution in [2.75, 3.05) is 0 Å². The summed E-state index contributed by atoms with van der Waals surface area (Å²) in [6.45, 7) is 2.09. The summed E-state index contributed by atoms with van der Waals surface area (Å²) in [4.78, 5) is 8.55.